The first-order chi connectivity index (χ1) is 5.29. The molecule has 1 radical (unpaired) electrons. The number of nitrogens with one attached hydrogen (secondary N) is 1. The Labute approximate surface area is 64.8 Å². The molecule has 0 unspecified atom stereocenters. The molecule has 11 heavy (non-hydrogen) atoms. The predicted octanol–water partition coefficient (Wildman–Crippen LogP) is 0.228. The van der Waals surface area contributed by atoms with Crippen molar-refractivity contribution in [2.24, 2.45) is 5.73 Å². The van der Waals surface area contributed by atoms with Crippen molar-refractivity contribution in [3.8, 4) is 0 Å². The second-order valence-corrected chi connectivity index (χ2v) is 2.21. The van der Waals surface area contributed by atoms with E-state index in [-0.39, 0.29) is 5.91 Å². The SMILES string of the molecule is NC(=O)CC[CH]c1cc[nH]n1. The summed E-state index contributed by atoms with van der Waals surface area (Å²) in [6.45, 7) is 0. The number of aromatic nitrogens is 2. The Bertz CT molecular complexity index is 218. The number of hydrogen-bond acceptors (Lipinski definition) is 2. The van der Waals surface area contributed by atoms with Gasteiger partial charge in [0.15, 0.2) is 0 Å². The quantitative estimate of drug-likeness (QED) is 0.648. The second-order valence-electron chi connectivity index (χ2n) is 2.21. The van der Waals surface area contributed by atoms with Crippen LogP contribution in [0.25, 0.3) is 0 Å². The standard InChI is InChI=1S/C7H10N3O/c8-7(11)3-1-2-6-4-5-9-10-6/h2,4-5H,1,3H2,(H2,8,11)(H,9,10). The molecule has 1 rings (SSSR count). The van der Waals surface area contributed by atoms with E-state index in [9.17, 15) is 4.79 Å². The lowest BCUT2D eigenvalue weighted by Crippen LogP contribution is -2.09. The molecule has 1 heterocycles. The number of hydrogen-bond donors (Lipinski definition) is 2. The summed E-state index contributed by atoms with van der Waals surface area (Å²) >= 11 is 0. The Balaban J connectivity index is 2.19. The van der Waals surface area contributed by atoms with E-state index in [0.29, 0.717) is 12.8 Å². The smallest absolute Gasteiger partial charge is 0.217 e. The van der Waals surface area contributed by atoms with Gasteiger partial charge in [-0.1, -0.05) is 0 Å². The van der Waals surface area contributed by atoms with Gasteiger partial charge in [0.2, 0.25) is 5.91 Å². The zero-order valence-electron chi connectivity index (χ0n) is 6.08. The first kappa shape index (κ1) is 7.78. The minimum absolute atomic E-state index is 0.281. The number of carbonyl (C=O) groups is 1. The molecule has 0 fully saturated rings. The average Bonchev–Trinajstić information content (AvgIpc) is 2.39. The van der Waals surface area contributed by atoms with Crippen molar-refractivity contribution in [1.82, 2.24) is 10.2 Å². The number of nitrogens with zero attached hydrogens (tertiary/aromatic N) is 1. The highest BCUT2D eigenvalue weighted by atomic mass is 16.1. The summed E-state index contributed by atoms with van der Waals surface area (Å²) in [6, 6.07) is 1.83. The van der Waals surface area contributed by atoms with Crippen LogP contribution in [0.15, 0.2) is 12.3 Å². The molecule has 0 bridgehead atoms. The Morgan fingerprint density at radius 2 is 2.64 bits per heavy atom. The molecule has 1 amide bonds. The Hall–Kier alpha value is -1.32. The van der Waals surface area contributed by atoms with Crippen molar-refractivity contribution in [3.05, 3.63) is 24.4 Å². The van der Waals surface area contributed by atoms with Gasteiger partial charge in [-0.2, -0.15) is 5.10 Å². The van der Waals surface area contributed by atoms with Crippen molar-refractivity contribution < 1.29 is 4.79 Å². The maximum atomic E-state index is 10.3. The van der Waals surface area contributed by atoms with Crippen LogP contribution in [-0.2, 0) is 4.79 Å². The Morgan fingerprint density at radius 1 is 1.82 bits per heavy atom. The van der Waals surface area contributed by atoms with Crippen LogP contribution in [-0.4, -0.2) is 16.1 Å². The molecule has 4 heteroatoms. The number of carbonyl (C=O) groups excluding carboxylic acids is 1. The fourth-order valence-electron chi connectivity index (χ4n) is 0.748. The third-order valence-corrected chi connectivity index (χ3v) is 1.27. The number of primary amides is 1. The van der Waals surface area contributed by atoms with Crippen LogP contribution >= 0.6 is 0 Å². The zero-order chi connectivity index (χ0) is 8.10. The molecule has 3 N–H and O–H groups in total. The number of aromatic amines is 1. The van der Waals surface area contributed by atoms with E-state index < -0.39 is 0 Å². The third kappa shape index (κ3) is 2.84. The molecule has 4 nitrogen and oxygen atoms in total. The van der Waals surface area contributed by atoms with Crippen LogP contribution in [0, 0.1) is 6.42 Å². The lowest BCUT2D eigenvalue weighted by atomic mass is 10.2. The summed E-state index contributed by atoms with van der Waals surface area (Å²) in [7, 11) is 0. The Kier molecular flexibility index (Phi) is 2.66. The minimum Gasteiger partial charge on any atom is -0.370 e. The first-order valence-electron chi connectivity index (χ1n) is 3.40. The summed E-state index contributed by atoms with van der Waals surface area (Å²) < 4.78 is 0. The molecule has 1 aromatic rings. The van der Waals surface area contributed by atoms with E-state index >= 15 is 0 Å². The number of nitrogens with two attached hydrogens (primary N) is 1. The molecule has 0 saturated heterocycles. The van der Waals surface area contributed by atoms with E-state index in [2.05, 4.69) is 10.2 Å². The number of rotatable bonds is 4. The number of H-pyrrole nitrogens is 1. The van der Waals surface area contributed by atoms with Crippen LogP contribution in [0.1, 0.15) is 18.5 Å². The van der Waals surface area contributed by atoms with Gasteiger partial charge in [0.1, 0.15) is 0 Å². The highest BCUT2D eigenvalue weighted by Gasteiger charge is 1.97. The van der Waals surface area contributed by atoms with E-state index in [1.807, 2.05) is 12.5 Å². The van der Waals surface area contributed by atoms with E-state index in [1.54, 1.807) is 6.20 Å². The molecule has 0 aliphatic heterocycles. The van der Waals surface area contributed by atoms with E-state index in [0.717, 1.165) is 5.69 Å². The monoisotopic (exact) mass is 152 g/mol. The van der Waals surface area contributed by atoms with Crippen LogP contribution in [0.4, 0.5) is 0 Å². The summed E-state index contributed by atoms with van der Waals surface area (Å²) in [5, 5.41) is 6.55. The number of amides is 1. The van der Waals surface area contributed by atoms with Crippen LogP contribution in [0.2, 0.25) is 0 Å². The van der Waals surface area contributed by atoms with Gasteiger partial charge in [-0.15, -0.1) is 0 Å². The molecule has 59 valence electrons. The molecule has 0 atom stereocenters. The van der Waals surface area contributed by atoms with Crippen molar-refractivity contribution in [2.45, 2.75) is 12.8 Å². The predicted molar refractivity (Wildman–Crippen MR) is 40.4 cm³/mol. The fourth-order valence-corrected chi connectivity index (χ4v) is 0.748. The largest absolute Gasteiger partial charge is 0.370 e. The topological polar surface area (TPSA) is 71.8 Å². The van der Waals surface area contributed by atoms with Crippen LogP contribution < -0.4 is 5.73 Å². The molecule has 0 aromatic carbocycles. The normalized spacial score (nSPS) is 9.82. The fraction of sp³-hybridized carbons (Fsp3) is 0.286. The highest BCUT2D eigenvalue weighted by Crippen LogP contribution is 2.01. The van der Waals surface area contributed by atoms with Gasteiger partial charge in [-0.3, -0.25) is 9.89 Å². The lowest BCUT2D eigenvalue weighted by Gasteiger charge is -1.91. The maximum absolute atomic E-state index is 10.3. The molecule has 1 aromatic heterocycles. The van der Waals surface area contributed by atoms with Crippen molar-refractivity contribution in [1.29, 1.82) is 0 Å². The van der Waals surface area contributed by atoms with Gasteiger partial charge >= 0.3 is 0 Å². The zero-order valence-corrected chi connectivity index (χ0v) is 6.08. The van der Waals surface area contributed by atoms with Crippen molar-refractivity contribution in [2.75, 3.05) is 0 Å². The van der Waals surface area contributed by atoms with Gasteiger partial charge in [0.05, 0.1) is 5.69 Å². The lowest BCUT2D eigenvalue weighted by molar-refractivity contribution is -0.117. The van der Waals surface area contributed by atoms with Gasteiger partial charge in [-0.05, 0) is 12.5 Å². The summed E-state index contributed by atoms with van der Waals surface area (Å²) in [6.07, 6.45) is 4.63. The van der Waals surface area contributed by atoms with Gasteiger partial charge in [0, 0.05) is 19.0 Å². The highest BCUT2D eigenvalue weighted by molar-refractivity contribution is 5.73. The van der Waals surface area contributed by atoms with Crippen molar-refractivity contribution in [3.63, 3.8) is 0 Å². The average molecular weight is 152 g/mol. The summed E-state index contributed by atoms with van der Waals surface area (Å²) in [5.41, 5.74) is 5.80. The van der Waals surface area contributed by atoms with E-state index in [1.165, 1.54) is 0 Å². The molecular weight excluding hydrogens is 142 g/mol. The summed E-state index contributed by atoms with van der Waals surface area (Å²) in [5.74, 6) is -0.281. The maximum Gasteiger partial charge on any atom is 0.217 e. The summed E-state index contributed by atoms with van der Waals surface area (Å²) in [4.78, 5) is 10.3. The van der Waals surface area contributed by atoms with Crippen molar-refractivity contribution >= 4 is 5.91 Å². The van der Waals surface area contributed by atoms with Crippen LogP contribution in [0.5, 0.6) is 0 Å². The van der Waals surface area contributed by atoms with Gasteiger partial charge < -0.3 is 5.73 Å². The first-order valence-corrected chi connectivity index (χ1v) is 3.40. The molecule has 0 saturated carbocycles. The minimum atomic E-state index is -0.281. The molecule has 0 spiro atoms. The van der Waals surface area contributed by atoms with E-state index in [4.69, 9.17) is 5.73 Å². The molecule has 0 aliphatic rings. The van der Waals surface area contributed by atoms with Crippen LogP contribution in [0.3, 0.4) is 0 Å². The second kappa shape index (κ2) is 3.75. The van der Waals surface area contributed by atoms with Gasteiger partial charge in [0.25, 0.3) is 0 Å². The Morgan fingerprint density at radius 3 is 3.18 bits per heavy atom. The van der Waals surface area contributed by atoms with Gasteiger partial charge in [-0.25, -0.2) is 0 Å². The third-order valence-electron chi connectivity index (χ3n) is 1.27. The molecular formula is C7H10N3O. The molecule has 0 aliphatic carbocycles.